The molecule has 0 radical (unpaired) electrons. The number of nitrogens with one attached hydrogen (secondary N) is 1. The number of nitrogens with zero attached hydrogens (tertiary/aromatic N) is 3. The molecule has 0 aliphatic carbocycles. The van der Waals surface area contributed by atoms with Gasteiger partial charge in [0, 0.05) is 33.6 Å². The molecule has 2 aliphatic heterocycles. The molecular formula is C23H30N4O4. The molecule has 1 aromatic rings. The maximum absolute atomic E-state index is 12.3. The highest BCUT2D eigenvalue weighted by Crippen LogP contribution is 2.33. The molecule has 1 unspecified atom stereocenters. The molecule has 31 heavy (non-hydrogen) atoms. The van der Waals surface area contributed by atoms with Gasteiger partial charge in [0.05, 0.1) is 23.0 Å². The number of hydrogen-bond donors (Lipinski definition) is 1. The average molecular weight is 427 g/mol. The van der Waals surface area contributed by atoms with Crippen LogP contribution in [0, 0.1) is 11.8 Å². The summed E-state index contributed by atoms with van der Waals surface area (Å²) in [6.45, 7) is 2.41. The number of rotatable bonds is 6. The fourth-order valence-electron chi connectivity index (χ4n) is 4.00. The molecule has 2 saturated heterocycles. The normalized spacial score (nSPS) is 19.9. The molecular weight excluding hydrogens is 396 g/mol. The van der Waals surface area contributed by atoms with E-state index in [2.05, 4.69) is 29.1 Å². The van der Waals surface area contributed by atoms with Crippen LogP contribution >= 0.6 is 0 Å². The van der Waals surface area contributed by atoms with Crippen molar-refractivity contribution in [2.75, 3.05) is 50.6 Å². The Labute approximate surface area is 183 Å². The van der Waals surface area contributed by atoms with E-state index in [1.54, 1.807) is 6.07 Å². The van der Waals surface area contributed by atoms with Crippen LogP contribution in [0.25, 0.3) is 0 Å². The van der Waals surface area contributed by atoms with E-state index in [0.717, 1.165) is 37.2 Å². The lowest BCUT2D eigenvalue weighted by atomic mass is 10.0. The SMILES string of the molecule is CN1CCC(OCC#Cc2cccc(N(C=O)C3CCC(=O)NC3=O)c2N(C)C)CC1. The van der Waals surface area contributed by atoms with E-state index in [4.69, 9.17) is 4.74 Å². The van der Waals surface area contributed by atoms with Gasteiger partial charge in [0.2, 0.25) is 18.2 Å². The predicted octanol–water partition coefficient (Wildman–Crippen LogP) is 0.983. The molecule has 2 heterocycles. The van der Waals surface area contributed by atoms with Crippen molar-refractivity contribution in [3.05, 3.63) is 23.8 Å². The standard InChI is InChI=1S/C23H30N4O4/c1-25(2)22-17(7-5-15-31-18-11-13-26(3)14-12-18)6-4-8-19(22)27(16-28)20-9-10-21(29)24-23(20)30/h4,6,8,16,18,20H,9-15H2,1-3H3,(H,24,29,30). The molecule has 2 fully saturated rings. The Balaban J connectivity index is 1.78. The highest BCUT2D eigenvalue weighted by atomic mass is 16.5. The third-order valence-electron chi connectivity index (χ3n) is 5.68. The van der Waals surface area contributed by atoms with Crippen LogP contribution in [0.5, 0.6) is 0 Å². The van der Waals surface area contributed by atoms with Crippen LogP contribution in [-0.2, 0) is 19.1 Å². The Bertz CT molecular complexity index is 881. The summed E-state index contributed by atoms with van der Waals surface area (Å²) in [6.07, 6.45) is 3.39. The highest BCUT2D eigenvalue weighted by molar-refractivity contribution is 6.04. The van der Waals surface area contributed by atoms with E-state index < -0.39 is 11.9 Å². The van der Waals surface area contributed by atoms with Crippen molar-refractivity contribution in [2.24, 2.45) is 0 Å². The Kier molecular flexibility index (Phi) is 7.66. The number of imide groups is 1. The first-order valence-electron chi connectivity index (χ1n) is 10.6. The average Bonchev–Trinajstić information content (AvgIpc) is 2.74. The van der Waals surface area contributed by atoms with Crippen LogP contribution in [0.4, 0.5) is 11.4 Å². The summed E-state index contributed by atoms with van der Waals surface area (Å²) >= 11 is 0. The van der Waals surface area contributed by atoms with Gasteiger partial charge in [-0.3, -0.25) is 19.7 Å². The summed E-state index contributed by atoms with van der Waals surface area (Å²) in [5.74, 6) is 5.47. The molecule has 2 aliphatic rings. The van der Waals surface area contributed by atoms with Gasteiger partial charge in [0.25, 0.3) is 0 Å². The van der Waals surface area contributed by atoms with Gasteiger partial charge < -0.3 is 19.4 Å². The summed E-state index contributed by atoms with van der Waals surface area (Å²) in [4.78, 5) is 41.3. The predicted molar refractivity (Wildman–Crippen MR) is 119 cm³/mol. The third kappa shape index (κ3) is 5.63. The molecule has 166 valence electrons. The monoisotopic (exact) mass is 426 g/mol. The second kappa shape index (κ2) is 10.4. The van der Waals surface area contributed by atoms with Gasteiger partial charge in [-0.25, -0.2) is 0 Å². The fraction of sp³-hybridized carbons (Fsp3) is 0.522. The van der Waals surface area contributed by atoms with Crippen LogP contribution in [0.1, 0.15) is 31.2 Å². The number of piperidine rings is 2. The van der Waals surface area contributed by atoms with Crippen molar-refractivity contribution in [1.29, 1.82) is 0 Å². The van der Waals surface area contributed by atoms with Crippen LogP contribution in [0.15, 0.2) is 18.2 Å². The number of carbonyl (C=O) groups is 3. The lowest BCUT2D eigenvalue weighted by Crippen LogP contribution is -2.52. The van der Waals surface area contributed by atoms with Crippen molar-refractivity contribution in [1.82, 2.24) is 10.2 Å². The summed E-state index contributed by atoms with van der Waals surface area (Å²) in [5.41, 5.74) is 2.07. The second-order valence-electron chi connectivity index (χ2n) is 8.16. The van der Waals surface area contributed by atoms with Gasteiger partial charge in [-0.05, 0) is 38.4 Å². The van der Waals surface area contributed by atoms with Gasteiger partial charge in [-0.1, -0.05) is 17.9 Å². The van der Waals surface area contributed by atoms with Crippen molar-refractivity contribution in [3.63, 3.8) is 0 Å². The molecule has 8 heteroatoms. The van der Waals surface area contributed by atoms with E-state index in [-0.39, 0.29) is 24.9 Å². The molecule has 8 nitrogen and oxygen atoms in total. The number of likely N-dealkylation sites (tertiary alicyclic amines) is 1. The zero-order valence-corrected chi connectivity index (χ0v) is 18.4. The maximum atomic E-state index is 12.3. The van der Waals surface area contributed by atoms with Crippen molar-refractivity contribution in [2.45, 2.75) is 37.8 Å². The first-order chi connectivity index (χ1) is 14.9. The molecule has 1 aromatic carbocycles. The van der Waals surface area contributed by atoms with Gasteiger partial charge in [-0.15, -0.1) is 0 Å². The number of anilines is 2. The largest absolute Gasteiger partial charge is 0.375 e. The second-order valence-corrected chi connectivity index (χ2v) is 8.16. The Morgan fingerprint density at radius 2 is 1.97 bits per heavy atom. The topological polar surface area (TPSA) is 82.2 Å². The van der Waals surface area contributed by atoms with E-state index in [1.807, 2.05) is 31.1 Å². The molecule has 0 aromatic heterocycles. The number of amides is 3. The maximum Gasteiger partial charge on any atom is 0.249 e. The van der Waals surface area contributed by atoms with Crippen molar-refractivity contribution in [3.8, 4) is 11.8 Å². The lowest BCUT2D eigenvalue weighted by Gasteiger charge is -2.32. The van der Waals surface area contributed by atoms with Crippen LogP contribution in [0.3, 0.4) is 0 Å². The zero-order chi connectivity index (χ0) is 22.4. The molecule has 1 atom stereocenters. The highest BCUT2D eigenvalue weighted by Gasteiger charge is 2.33. The number of carbonyl (C=O) groups excluding carboxylic acids is 3. The molecule has 1 N–H and O–H groups in total. The molecule has 0 saturated carbocycles. The van der Waals surface area contributed by atoms with E-state index in [0.29, 0.717) is 18.7 Å². The first kappa shape index (κ1) is 22.8. The van der Waals surface area contributed by atoms with Crippen LogP contribution in [0.2, 0.25) is 0 Å². The number of benzene rings is 1. The summed E-state index contributed by atoms with van der Waals surface area (Å²) in [6, 6.07) is 4.75. The number of para-hydroxylation sites is 1. The van der Waals surface area contributed by atoms with Crippen LogP contribution < -0.4 is 15.1 Å². The van der Waals surface area contributed by atoms with Crippen LogP contribution in [-0.4, -0.2) is 76.1 Å². The number of hydrogen-bond acceptors (Lipinski definition) is 6. The van der Waals surface area contributed by atoms with Crippen molar-refractivity contribution >= 4 is 29.6 Å². The fourth-order valence-corrected chi connectivity index (χ4v) is 4.00. The van der Waals surface area contributed by atoms with E-state index in [1.165, 1.54) is 4.90 Å². The number of ether oxygens (including phenoxy) is 1. The zero-order valence-electron chi connectivity index (χ0n) is 18.4. The Morgan fingerprint density at radius 1 is 1.23 bits per heavy atom. The van der Waals surface area contributed by atoms with E-state index in [9.17, 15) is 14.4 Å². The Morgan fingerprint density at radius 3 is 2.61 bits per heavy atom. The Hall–Kier alpha value is -2.89. The van der Waals surface area contributed by atoms with Gasteiger partial charge in [0.1, 0.15) is 12.6 Å². The minimum Gasteiger partial charge on any atom is -0.375 e. The van der Waals surface area contributed by atoms with Gasteiger partial charge in [0.15, 0.2) is 0 Å². The minimum absolute atomic E-state index is 0.200. The molecule has 3 amide bonds. The smallest absolute Gasteiger partial charge is 0.249 e. The summed E-state index contributed by atoms with van der Waals surface area (Å²) < 4.78 is 5.91. The molecule has 0 spiro atoms. The third-order valence-corrected chi connectivity index (χ3v) is 5.68. The lowest BCUT2D eigenvalue weighted by molar-refractivity contribution is -0.134. The van der Waals surface area contributed by atoms with Crippen molar-refractivity contribution < 1.29 is 19.1 Å². The quantitative estimate of drug-likeness (QED) is 0.415. The first-order valence-corrected chi connectivity index (χ1v) is 10.6. The van der Waals surface area contributed by atoms with Gasteiger partial charge in [-0.2, -0.15) is 0 Å². The van der Waals surface area contributed by atoms with Gasteiger partial charge >= 0.3 is 0 Å². The minimum atomic E-state index is -0.732. The summed E-state index contributed by atoms with van der Waals surface area (Å²) in [7, 11) is 5.85. The molecule has 3 rings (SSSR count). The summed E-state index contributed by atoms with van der Waals surface area (Å²) in [5, 5.41) is 2.31. The van der Waals surface area contributed by atoms with E-state index >= 15 is 0 Å². The molecule has 0 bridgehead atoms.